The van der Waals surface area contributed by atoms with Crippen LogP contribution in [0.3, 0.4) is 0 Å². The van der Waals surface area contributed by atoms with Crippen LogP contribution in [0, 0.1) is 5.82 Å². The Bertz CT molecular complexity index is 477. The molecule has 2 amide bonds. The summed E-state index contributed by atoms with van der Waals surface area (Å²) in [6.45, 7) is 3.94. The van der Waals surface area contributed by atoms with E-state index in [1.165, 1.54) is 6.92 Å². The van der Waals surface area contributed by atoms with Gasteiger partial charge in [-0.1, -0.05) is 6.92 Å². The highest BCUT2D eigenvalue weighted by molar-refractivity contribution is 5.99. The van der Waals surface area contributed by atoms with Crippen LogP contribution in [0.1, 0.15) is 30.6 Å². The molecule has 0 saturated heterocycles. The number of nitrogens with one attached hydrogen (secondary N) is 2. The molecule has 0 fully saturated rings. The van der Waals surface area contributed by atoms with Gasteiger partial charge in [-0.3, -0.25) is 9.59 Å². The van der Waals surface area contributed by atoms with E-state index in [0.717, 1.165) is 24.6 Å². The first-order valence-corrected chi connectivity index (χ1v) is 6.02. The first-order valence-electron chi connectivity index (χ1n) is 6.02. The van der Waals surface area contributed by atoms with E-state index >= 15 is 0 Å². The SMILES string of the molecule is CCCNC(=O)C(C)NC(=O)c1cc(F)ccc1O. The van der Waals surface area contributed by atoms with Crippen LogP contribution in [0.25, 0.3) is 0 Å². The van der Waals surface area contributed by atoms with E-state index in [0.29, 0.717) is 6.54 Å². The first-order chi connectivity index (χ1) is 8.95. The zero-order chi connectivity index (χ0) is 14.4. The molecular formula is C13H17FN2O3. The molecule has 0 radical (unpaired) electrons. The van der Waals surface area contributed by atoms with E-state index in [4.69, 9.17) is 0 Å². The number of amides is 2. The summed E-state index contributed by atoms with van der Waals surface area (Å²) in [5.41, 5.74) is -0.199. The van der Waals surface area contributed by atoms with Crippen molar-refractivity contribution < 1.29 is 19.1 Å². The summed E-state index contributed by atoms with van der Waals surface area (Å²) < 4.78 is 13.0. The third kappa shape index (κ3) is 4.24. The summed E-state index contributed by atoms with van der Waals surface area (Å²) in [5, 5.41) is 14.5. The zero-order valence-electron chi connectivity index (χ0n) is 10.9. The topological polar surface area (TPSA) is 78.4 Å². The zero-order valence-corrected chi connectivity index (χ0v) is 10.9. The molecule has 3 N–H and O–H groups in total. The average Bonchev–Trinajstić information content (AvgIpc) is 2.38. The van der Waals surface area contributed by atoms with Gasteiger partial charge in [0.1, 0.15) is 17.6 Å². The summed E-state index contributed by atoms with van der Waals surface area (Å²) in [5.74, 6) is -1.99. The molecule has 0 aliphatic heterocycles. The van der Waals surface area contributed by atoms with Gasteiger partial charge in [0.05, 0.1) is 5.56 Å². The minimum atomic E-state index is -0.762. The minimum absolute atomic E-state index is 0.199. The van der Waals surface area contributed by atoms with Crippen LogP contribution < -0.4 is 10.6 Å². The second-order valence-corrected chi connectivity index (χ2v) is 4.15. The first kappa shape index (κ1) is 14.9. The number of rotatable bonds is 5. The van der Waals surface area contributed by atoms with E-state index in [9.17, 15) is 19.1 Å². The number of hydrogen-bond acceptors (Lipinski definition) is 3. The molecule has 0 spiro atoms. The van der Waals surface area contributed by atoms with Crippen LogP contribution in [0.4, 0.5) is 4.39 Å². The highest BCUT2D eigenvalue weighted by atomic mass is 19.1. The van der Waals surface area contributed by atoms with Crippen molar-refractivity contribution >= 4 is 11.8 Å². The maximum atomic E-state index is 13.0. The Morgan fingerprint density at radius 3 is 2.74 bits per heavy atom. The molecule has 1 aromatic rings. The Labute approximate surface area is 110 Å². The Balaban J connectivity index is 2.68. The molecule has 5 nitrogen and oxygen atoms in total. The molecule has 1 aromatic carbocycles. The molecular weight excluding hydrogens is 251 g/mol. The van der Waals surface area contributed by atoms with Gasteiger partial charge >= 0.3 is 0 Å². The Kier molecular flexibility index (Phi) is 5.29. The minimum Gasteiger partial charge on any atom is -0.507 e. The van der Waals surface area contributed by atoms with E-state index in [1.54, 1.807) is 0 Å². The van der Waals surface area contributed by atoms with Crippen LogP contribution in [0.2, 0.25) is 0 Å². The number of carbonyl (C=O) groups excluding carboxylic acids is 2. The van der Waals surface area contributed by atoms with Crippen molar-refractivity contribution in [2.24, 2.45) is 0 Å². The number of phenolic OH excluding ortho intramolecular Hbond substituents is 1. The van der Waals surface area contributed by atoms with Crippen LogP contribution in [0.5, 0.6) is 5.75 Å². The molecule has 104 valence electrons. The van der Waals surface area contributed by atoms with Crippen LogP contribution in [-0.4, -0.2) is 29.5 Å². The van der Waals surface area contributed by atoms with E-state index in [2.05, 4.69) is 10.6 Å². The van der Waals surface area contributed by atoms with Gasteiger partial charge in [-0.25, -0.2) is 4.39 Å². The largest absolute Gasteiger partial charge is 0.507 e. The fraction of sp³-hybridized carbons (Fsp3) is 0.385. The average molecular weight is 268 g/mol. The summed E-state index contributed by atoms with van der Waals surface area (Å²) in [4.78, 5) is 23.3. The molecule has 1 atom stereocenters. The number of aromatic hydroxyl groups is 1. The Hall–Kier alpha value is -2.11. The predicted molar refractivity (Wildman–Crippen MR) is 68.3 cm³/mol. The second-order valence-electron chi connectivity index (χ2n) is 4.15. The van der Waals surface area contributed by atoms with Gasteiger partial charge in [0, 0.05) is 6.54 Å². The highest BCUT2D eigenvalue weighted by Crippen LogP contribution is 2.17. The van der Waals surface area contributed by atoms with E-state index in [1.807, 2.05) is 6.92 Å². The van der Waals surface area contributed by atoms with Gasteiger partial charge in [-0.05, 0) is 31.5 Å². The van der Waals surface area contributed by atoms with Gasteiger partial charge < -0.3 is 15.7 Å². The van der Waals surface area contributed by atoms with Crippen molar-refractivity contribution in [3.63, 3.8) is 0 Å². The third-order valence-corrected chi connectivity index (χ3v) is 2.49. The predicted octanol–water partition coefficient (Wildman–Crippen LogP) is 1.18. The number of halogens is 1. The summed E-state index contributed by atoms with van der Waals surface area (Å²) in [7, 11) is 0. The lowest BCUT2D eigenvalue weighted by Crippen LogP contribution is -2.45. The lowest BCUT2D eigenvalue weighted by molar-refractivity contribution is -0.122. The fourth-order valence-electron chi connectivity index (χ4n) is 1.43. The maximum Gasteiger partial charge on any atom is 0.255 e. The lowest BCUT2D eigenvalue weighted by atomic mass is 10.1. The second kappa shape index (κ2) is 6.72. The molecule has 0 saturated carbocycles. The molecule has 0 aliphatic carbocycles. The van der Waals surface area contributed by atoms with Crippen molar-refractivity contribution in [2.75, 3.05) is 6.54 Å². The molecule has 6 heteroatoms. The van der Waals surface area contributed by atoms with Crippen molar-refractivity contribution in [2.45, 2.75) is 26.3 Å². The van der Waals surface area contributed by atoms with E-state index in [-0.39, 0.29) is 17.2 Å². The van der Waals surface area contributed by atoms with E-state index < -0.39 is 17.8 Å². The molecule has 0 aliphatic rings. The lowest BCUT2D eigenvalue weighted by Gasteiger charge is -2.14. The van der Waals surface area contributed by atoms with Gasteiger partial charge in [0.25, 0.3) is 5.91 Å². The molecule has 0 bridgehead atoms. The van der Waals surface area contributed by atoms with Crippen molar-refractivity contribution in [1.82, 2.24) is 10.6 Å². The molecule has 19 heavy (non-hydrogen) atoms. The summed E-state index contributed by atoms with van der Waals surface area (Å²) in [6, 6.07) is 2.29. The van der Waals surface area contributed by atoms with Gasteiger partial charge in [0.15, 0.2) is 0 Å². The van der Waals surface area contributed by atoms with Crippen molar-refractivity contribution in [3.05, 3.63) is 29.6 Å². The van der Waals surface area contributed by atoms with Gasteiger partial charge in [-0.15, -0.1) is 0 Å². The van der Waals surface area contributed by atoms with Gasteiger partial charge in [0.2, 0.25) is 5.91 Å². The summed E-state index contributed by atoms with van der Waals surface area (Å²) >= 11 is 0. The van der Waals surface area contributed by atoms with Crippen LogP contribution in [-0.2, 0) is 4.79 Å². The number of benzene rings is 1. The number of carbonyl (C=O) groups is 2. The smallest absolute Gasteiger partial charge is 0.255 e. The quantitative estimate of drug-likeness (QED) is 0.750. The van der Waals surface area contributed by atoms with Crippen molar-refractivity contribution in [1.29, 1.82) is 0 Å². The molecule has 0 heterocycles. The summed E-state index contributed by atoms with van der Waals surface area (Å²) in [6.07, 6.45) is 0.789. The fourth-order valence-corrected chi connectivity index (χ4v) is 1.43. The Morgan fingerprint density at radius 1 is 1.42 bits per heavy atom. The standard InChI is InChI=1S/C13H17FN2O3/c1-3-6-15-12(18)8(2)16-13(19)10-7-9(14)4-5-11(10)17/h4-5,7-8,17H,3,6H2,1-2H3,(H,15,18)(H,16,19). The maximum absolute atomic E-state index is 13.0. The molecule has 0 aromatic heterocycles. The third-order valence-electron chi connectivity index (χ3n) is 2.49. The normalized spacial score (nSPS) is 11.7. The van der Waals surface area contributed by atoms with Crippen LogP contribution in [0.15, 0.2) is 18.2 Å². The highest BCUT2D eigenvalue weighted by Gasteiger charge is 2.18. The number of phenols is 1. The van der Waals surface area contributed by atoms with Gasteiger partial charge in [-0.2, -0.15) is 0 Å². The molecule has 1 unspecified atom stereocenters. The number of hydrogen-bond donors (Lipinski definition) is 3. The monoisotopic (exact) mass is 268 g/mol. The van der Waals surface area contributed by atoms with Crippen molar-refractivity contribution in [3.8, 4) is 5.75 Å². The van der Waals surface area contributed by atoms with Crippen LogP contribution >= 0.6 is 0 Å². The molecule has 1 rings (SSSR count). The Morgan fingerprint density at radius 2 is 2.11 bits per heavy atom.